The highest BCUT2D eigenvalue weighted by Gasteiger charge is 2.68. The van der Waals surface area contributed by atoms with Gasteiger partial charge in [-0.25, -0.2) is 4.98 Å². The molecule has 0 aliphatic rings. The predicted molar refractivity (Wildman–Crippen MR) is 131 cm³/mol. The Kier molecular flexibility index (Phi) is 6.69. The predicted octanol–water partition coefficient (Wildman–Crippen LogP) is 3.28. The normalized spacial score (nSPS) is 11.7. The zero-order valence-electron chi connectivity index (χ0n) is 17.7. The molecule has 4 aromatic carbocycles. The van der Waals surface area contributed by atoms with Crippen LogP contribution in [0.5, 0.6) is 0 Å². The first-order chi connectivity index (χ1) is 15.7. The van der Waals surface area contributed by atoms with Crippen molar-refractivity contribution in [2.45, 2.75) is 5.66 Å². The molecule has 0 radical (unpaired) electrons. The Labute approximate surface area is 203 Å². The van der Waals surface area contributed by atoms with E-state index in [4.69, 9.17) is 0 Å². The summed E-state index contributed by atoms with van der Waals surface area (Å²) in [5.41, 5.74) is -3.43. The Morgan fingerprint density at radius 3 is 1.45 bits per heavy atom. The van der Waals surface area contributed by atoms with E-state index in [0.29, 0.717) is 21.3 Å². The molecule has 0 N–H and O–H groups in total. The number of benzene rings is 4. The lowest BCUT2D eigenvalue weighted by atomic mass is 10.1. The molecule has 164 valence electrons. The summed E-state index contributed by atoms with van der Waals surface area (Å²) in [6, 6.07) is 36.6. The first-order valence-electron chi connectivity index (χ1n) is 10.4. The molecule has 1 heterocycles. The van der Waals surface area contributed by atoms with E-state index in [1.807, 2.05) is 103 Å². The van der Waals surface area contributed by atoms with E-state index >= 15 is 8.78 Å². The molecule has 0 aliphatic heterocycles. The van der Waals surface area contributed by atoms with Crippen molar-refractivity contribution in [3.8, 4) is 0 Å². The van der Waals surface area contributed by atoms with Gasteiger partial charge >= 0.3 is 5.66 Å². The molecular weight excluding hydrogens is 499 g/mol. The van der Waals surface area contributed by atoms with Gasteiger partial charge in [-0.15, -0.1) is 0 Å². The molecule has 0 atom stereocenters. The van der Waals surface area contributed by atoms with Crippen LogP contribution >= 0.6 is 7.26 Å². The number of fused-ring (bicyclic) bond motifs is 1. The third-order valence-corrected chi connectivity index (χ3v) is 10.1. The topological polar surface area (TPSA) is 12.9 Å². The van der Waals surface area contributed by atoms with Crippen molar-refractivity contribution in [3.63, 3.8) is 0 Å². The summed E-state index contributed by atoms with van der Waals surface area (Å²) in [4.78, 5) is 4.30. The number of alkyl halides is 2. The second-order valence-electron chi connectivity index (χ2n) is 7.60. The molecule has 0 saturated carbocycles. The maximum absolute atomic E-state index is 17.2. The molecule has 5 heteroatoms. The Hall–Kier alpha value is -2.94. The highest BCUT2D eigenvalue weighted by molar-refractivity contribution is 7.96. The van der Waals surface area contributed by atoms with E-state index in [0.717, 1.165) is 5.39 Å². The summed E-state index contributed by atoms with van der Waals surface area (Å²) in [6.07, 6.45) is 1.49. The minimum absolute atomic E-state index is 0. The van der Waals surface area contributed by atoms with E-state index < -0.39 is 12.9 Å². The number of nitrogens with zero attached hydrogens (tertiary/aromatic N) is 1. The Morgan fingerprint density at radius 1 is 0.545 bits per heavy atom. The number of halogens is 3. The summed E-state index contributed by atoms with van der Waals surface area (Å²) in [6.45, 7) is 0. The molecule has 0 spiro atoms. The molecule has 33 heavy (non-hydrogen) atoms. The molecule has 5 rings (SSSR count). The quantitative estimate of drug-likeness (QED) is 0.325. The van der Waals surface area contributed by atoms with Crippen LogP contribution in [0.4, 0.5) is 8.78 Å². The molecule has 1 aromatic heterocycles. The van der Waals surface area contributed by atoms with Crippen LogP contribution in [0.1, 0.15) is 5.69 Å². The molecule has 0 unspecified atom stereocenters. The second kappa shape index (κ2) is 9.51. The lowest BCUT2D eigenvalue weighted by Crippen LogP contribution is -3.00. The fourth-order valence-electron chi connectivity index (χ4n) is 4.41. The van der Waals surface area contributed by atoms with Gasteiger partial charge in [-0.3, -0.25) is 0 Å². The van der Waals surface area contributed by atoms with Gasteiger partial charge in [-0.05, 0) is 47.9 Å². The maximum atomic E-state index is 17.2. The fraction of sp³-hybridized carbons (Fsp3) is 0.0357. The minimum Gasteiger partial charge on any atom is -1.00 e. The third kappa shape index (κ3) is 3.78. The van der Waals surface area contributed by atoms with Crippen LogP contribution in [0.3, 0.4) is 0 Å². The van der Waals surface area contributed by atoms with Gasteiger partial charge < -0.3 is 17.0 Å². The average Bonchev–Trinajstić information content (AvgIpc) is 2.86. The van der Waals surface area contributed by atoms with Gasteiger partial charge in [0.05, 0.1) is 0 Å². The molecule has 1 nitrogen and oxygen atoms in total. The van der Waals surface area contributed by atoms with Gasteiger partial charge in [0.1, 0.15) is 15.9 Å². The minimum atomic E-state index is -3.48. The molecule has 0 bridgehead atoms. The zero-order chi connectivity index (χ0) is 22.0. The zero-order valence-corrected chi connectivity index (χ0v) is 20.1. The van der Waals surface area contributed by atoms with Crippen molar-refractivity contribution in [3.05, 3.63) is 133 Å². The Bertz CT molecular complexity index is 1240. The smallest absolute Gasteiger partial charge is 0.410 e. The number of hydrogen-bond donors (Lipinski definition) is 0. The van der Waals surface area contributed by atoms with Crippen LogP contribution in [0.15, 0.2) is 128 Å². The highest BCUT2D eigenvalue weighted by Crippen LogP contribution is 2.71. The van der Waals surface area contributed by atoms with Gasteiger partial charge in [0.25, 0.3) is 0 Å². The average molecular weight is 520 g/mol. The summed E-state index contributed by atoms with van der Waals surface area (Å²) in [7, 11) is -3.48. The number of aromatic nitrogens is 1. The number of pyridine rings is 1. The van der Waals surface area contributed by atoms with Crippen LogP contribution in [-0.4, -0.2) is 4.98 Å². The first kappa shape index (κ1) is 23.2. The van der Waals surface area contributed by atoms with Crippen molar-refractivity contribution >= 4 is 33.9 Å². The van der Waals surface area contributed by atoms with Crippen molar-refractivity contribution in [2.75, 3.05) is 0 Å². The summed E-state index contributed by atoms with van der Waals surface area (Å²) >= 11 is 0. The Balaban J connectivity index is 0.00000259. The van der Waals surface area contributed by atoms with E-state index in [9.17, 15) is 0 Å². The first-order valence-corrected chi connectivity index (χ1v) is 12.2. The van der Waals surface area contributed by atoms with Crippen LogP contribution in [0.25, 0.3) is 10.8 Å². The van der Waals surface area contributed by atoms with Crippen LogP contribution in [-0.2, 0) is 5.66 Å². The van der Waals surface area contributed by atoms with E-state index in [1.165, 1.54) is 6.20 Å². The third-order valence-electron chi connectivity index (χ3n) is 5.81. The van der Waals surface area contributed by atoms with Gasteiger partial charge in [0.2, 0.25) is 0 Å². The van der Waals surface area contributed by atoms with Crippen molar-refractivity contribution in [1.82, 2.24) is 4.98 Å². The molecule has 0 aliphatic carbocycles. The van der Waals surface area contributed by atoms with Gasteiger partial charge in [-0.1, -0.05) is 78.9 Å². The van der Waals surface area contributed by atoms with Gasteiger partial charge in [0, 0.05) is 11.6 Å². The molecule has 0 saturated heterocycles. The van der Waals surface area contributed by atoms with Crippen LogP contribution < -0.4 is 32.9 Å². The fourth-order valence-corrected chi connectivity index (χ4v) is 8.63. The lowest BCUT2D eigenvalue weighted by molar-refractivity contribution is -0.0000114. The molecular formula is C28H21BrF2NP. The lowest BCUT2D eigenvalue weighted by Gasteiger charge is -2.33. The SMILES string of the molecule is FC(F)(c1nccc2ccccc12)[P+](c1ccccc1)(c1ccccc1)c1ccccc1.[Br-]. The van der Waals surface area contributed by atoms with E-state index in [-0.39, 0.29) is 22.7 Å². The standard InChI is InChI=1S/C28H21F2NP.BrH/c29-28(30,27-26-19-11-10-12-22(26)20-21-31-27)32(23-13-4-1-5-14-23,24-15-6-2-7-16-24)25-17-8-3-9-18-25;/h1-21H;1H/q+1;/p-1. The molecule has 0 amide bonds. The Morgan fingerprint density at radius 2 is 0.970 bits per heavy atom. The van der Waals surface area contributed by atoms with Crippen molar-refractivity contribution in [1.29, 1.82) is 0 Å². The highest BCUT2D eigenvalue weighted by atomic mass is 79.9. The van der Waals surface area contributed by atoms with E-state index in [1.54, 1.807) is 18.2 Å². The molecule has 0 fully saturated rings. The van der Waals surface area contributed by atoms with Crippen molar-refractivity contribution in [2.24, 2.45) is 0 Å². The number of hydrogen-bond acceptors (Lipinski definition) is 1. The van der Waals surface area contributed by atoms with Crippen LogP contribution in [0, 0.1) is 0 Å². The van der Waals surface area contributed by atoms with E-state index in [2.05, 4.69) is 4.98 Å². The summed E-state index contributed by atoms with van der Waals surface area (Å²) < 4.78 is 34.5. The van der Waals surface area contributed by atoms with Gasteiger partial charge in [0.15, 0.2) is 13.0 Å². The van der Waals surface area contributed by atoms with Gasteiger partial charge in [-0.2, -0.15) is 8.78 Å². The summed E-state index contributed by atoms with van der Waals surface area (Å²) in [5.74, 6) is 0. The monoisotopic (exact) mass is 519 g/mol. The maximum Gasteiger partial charge on any atom is 0.410 e. The second-order valence-corrected chi connectivity index (χ2v) is 11.1. The van der Waals surface area contributed by atoms with Crippen molar-refractivity contribution < 1.29 is 25.8 Å². The van der Waals surface area contributed by atoms with Crippen LogP contribution in [0.2, 0.25) is 0 Å². The largest absolute Gasteiger partial charge is 1.00 e. The summed E-state index contributed by atoms with van der Waals surface area (Å²) in [5, 5.41) is 3.10. The molecule has 5 aromatic rings. The number of rotatable bonds is 5.